The largest absolute Gasteiger partial charge is 0.384 e. The molecule has 0 amide bonds. The average molecular weight is 177 g/mol. The first-order valence-corrected chi connectivity index (χ1v) is 5.28. The van der Waals surface area contributed by atoms with E-state index in [1.807, 2.05) is 18.8 Å². The molecule has 0 aliphatic rings. The Hall–Kier alpha value is 0.270. The van der Waals surface area contributed by atoms with Crippen LogP contribution in [0, 0.1) is 0 Å². The molecular weight excluding hydrogens is 158 g/mol. The van der Waals surface area contributed by atoms with E-state index in [0.29, 0.717) is 0 Å². The van der Waals surface area contributed by atoms with Gasteiger partial charge in [0.15, 0.2) is 0 Å². The highest BCUT2D eigenvalue weighted by molar-refractivity contribution is 7.99. The molecule has 0 fully saturated rings. The van der Waals surface area contributed by atoms with Crippen molar-refractivity contribution in [2.75, 3.05) is 38.8 Å². The minimum absolute atomic E-state index is 0.886. The third-order valence-electron chi connectivity index (χ3n) is 1.40. The molecule has 0 heterocycles. The van der Waals surface area contributed by atoms with Gasteiger partial charge in [-0.2, -0.15) is 11.8 Å². The summed E-state index contributed by atoms with van der Waals surface area (Å²) >= 11 is 1.98. The van der Waals surface area contributed by atoms with Crippen molar-refractivity contribution in [1.29, 1.82) is 0 Å². The van der Waals surface area contributed by atoms with E-state index in [1.54, 1.807) is 7.11 Å². The fourth-order valence-electron chi connectivity index (χ4n) is 0.750. The molecule has 0 unspecified atom stereocenters. The lowest BCUT2D eigenvalue weighted by Crippen LogP contribution is -2.07. The lowest BCUT2D eigenvalue weighted by Gasteiger charge is -2.00. The van der Waals surface area contributed by atoms with Crippen molar-refractivity contribution in [3.05, 3.63) is 0 Å². The maximum atomic E-state index is 4.94. The van der Waals surface area contributed by atoms with Crippen LogP contribution in [0.1, 0.15) is 12.8 Å². The first-order chi connectivity index (χ1) is 5.41. The van der Waals surface area contributed by atoms with Gasteiger partial charge in [0.2, 0.25) is 0 Å². The molecule has 0 bridgehead atoms. The van der Waals surface area contributed by atoms with Crippen molar-refractivity contribution in [2.24, 2.45) is 0 Å². The number of methoxy groups -OCH3 is 1. The Kier molecular flexibility index (Phi) is 10.5. The molecule has 0 aromatic carbocycles. The molecule has 0 spiro atoms. The molecule has 0 saturated carbocycles. The van der Waals surface area contributed by atoms with E-state index in [2.05, 4.69) is 5.32 Å². The van der Waals surface area contributed by atoms with Gasteiger partial charge in [-0.05, 0) is 32.2 Å². The van der Waals surface area contributed by atoms with Crippen LogP contribution >= 0.6 is 11.8 Å². The first-order valence-electron chi connectivity index (χ1n) is 4.13. The van der Waals surface area contributed by atoms with Crippen LogP contribution in [0.4, 0.5) is 0 Å². The maximum Gasteiger partial charge on any atom is 0.0552 e. The third kappa shape index (κ3) is 10.3. The normalized spacial score (nSPS) is 10.4. The van der Waals surface area contributed by atoms with Gasteiger partial charge >= 0.3 is 0 Å². The van der Waals surface area contributed by atoms with Gasteiger partial charge in [0.05, 0.1) is 6.61 Å². The van der Waals surface area contributed by atoms with Crippen LogP contribution in [-0.4, -0.2) is 38.8 Å². The highest BCUT2D eigenvalue weighted by Gasteiger charge is 1.88. The summed E-state index contributed by atoms with van der Waals surface area (Å²) in [5.41, 5.74) is 0. The Balaban J connectivity index is 2.69. The Bertz CT molecular complexity index is 63.1. The molecule has 3 heteroatoms. The Morgan fingerprint density at radius 3 is 2.73 bits per heavy atom. The quantitative estimate of drug-likeness (QED) is 0.566. The molecule has 1 N–H and O–H groups in total. The van der Waals surface area contributed by atoms with Crippen LogP contribution in [0.3, 0.4) is 0 Å². The van der Waals surface area contributed by atoms with Gasteiger partial charge in [-0.15, -0.1) is 0 Å². The number of unbranched alkanes of at least 4 members (excludes halogenated alkanes) is 1. The second kappa shape index (κ2) is 10.3. The summed E-state index contributed by atoms with van der Waals surface area (Å²) in [5.74, 6) is 2.40. The topological polar surface area (TPSA) is 21.3 Å². The summed E-state index contributed by atoms with van der Waals surface area (Å²) in [5, 5.41) is 3.14. The predicted octanol–water partition coefficient (Wildman–Crippen LogP) is 1.37. The molecule has 0 aliphatic heterocycles. The third-order valence-corrected chi connectivity index (χ3v) is 2.43. The Morgan fingerprint density at radius 2 is 2.09 bits per heavy atom. The van der Waals surface area contributed by atoms with Crippen molar-refractivity contribution in [3.63, 3.8) is 0 Å². The lowest BCUT2D eigenvalue weighted by atomic mass is 10.3. The van der Waals surface area contributed by atoms with Crippen LogP contribution in [0.2, 0.25) is 0 Å². The number of thioether (sulfide) groups is 1. The Labute approximate surface area is 74.1 Å². The minimum atomic E-state index is 0.886. The van der Waals surface area contributed by atoms with Crippen LogP contribution in [0.15, 0.2) is 0 Å². The van der Waals surface area contributed by atoms with E-state index in [4.69, 9.17) is 4.74 Å². The van der Waals surface area contributed by atoms with Gasteiger partial charge in [0.1, 0.15) is 0 Å². The molecule has 0 rings (SSSR count). The summed E-state index contributed by atoms with van der Waals surface area (Å²) in [6.07, 6.45) is 2.60. The van der Waals surface area contributed by atoms with Crippen LogP contribution < -0.4 is 5.32 Å². The van der Waals surface area contributed by atoms with E-state index in [0.717, 1.165) is 18.9 Å². The second-order valence-corrected chi connectivity index (χ2v) is 3.64. The minimum Gasteiger partial charge on any atom is -0.384 e. The van der Waals surface area contributed by atoms with Crippen LogP contribution in [-0.2, 0) is 4.74 Å². The fraction of sp³-hybridized carbons (Fsp3) is 1.00. The average Bonchev–Trinajstić information content (AvgIpc) is 2.03. The van der Waals surface area contributed by atoms with Crippen molar-refractivity contribution in [1.82, 2.24) is 5.32 Å². The van der Waals surface area contributed by atoms with Crippen LogP contribution in [0.5, 0.6) is 0 Å². The molecule has 0 aliphatic carbocycles. The van der Waals surface area contributed by atoms with E-state index in [-0.39, 0.29) is 0 Å². The van der Waals surface area contributed by atoms with Gasteiger partial charge in [0, 0.05) is 12.9 Å². The van der Waals surface area contributed by atoms with Crippen molar-refractivity contribution in [3.8, 4) is 0 Å². The number of rotatable bonds is 8. The van der Waals surface area contributed by atoms with E-state index in [1.165, 1.54) is 18.6 Å². The van der Waals surface area contributed by atoms with Gasteiger partial charge in [0.25, 0.3) is 0 Å². The fourth-order valence-corrected chi connectivity index (χ4v) is 1.65. The first kappa shape index (κ1) is 11.3. The van der Waals surface area contributed by atoms with E-state index in [9.17, 15) is 0 Å². The second-order valence-electron chi connectivity index (χ2n) is 2.42. The molecular formula is C8H19NOS. The van der Waals surface area contributed by atoms with Crippen molar-refractivity contribution >= 4 is 11.8 Å². The molecule has 0 radical (unpaired) electrons. The van der Waals surface area contributed by atoms with Gasteiger partial charge in [-0.1, -0.05) is 0 Å². The molecule has 68 valence electrons. The lowest BCUT2D eigenvalue weighted by molar-refractivity contribution is 0.218. The van der Waals surface area contributed by atoms with Crippen LogP contribution in [0.25, 0.3) is 0 Å². The summed E-state index contributed by atoms with van der Waals surface area (Å²) < 4.78 is 4.94. The van der Waals surface area contributed by atoms with Gasteiger partial charge < -0.3 is 10.1 Å². The highest BCUT2D eigenvalue weighted by Crippen LogP contribution is 2.03. The molecule has 0 aromatic rings. The number of nitrogens with one attached hydrogen (secondary N) is 1. The van der Waals surface area contributed by atoms with E-state index >= 15 is 0 Å². The maximum absolute atomic E-state index is 4.94. The molecule has 0 atom stereocenters. The predicted molar refractivity (Wildman–Crippen MR) is 52.4 cm³/mol. The standard InChI is InChI=1S/C8H19NOS/c1-9-5-3-4-7-11-8-6-10-2/h9H,3-8H2,1-2H3. The number of ether oxygens (including phenoxy) is 1. The zero-order valence-electron chi connectivity index (χ0n) is 7.56. The van der Waals surface area contributed by atoms with Crippen molar-refractivity contribution in [2.45, 2.75) is 12.8 Å². The smallest absolute Gasteiger partial charge is 0.0552 e. The van der Waals surface area contributed by atoms with Crippen molar-refractivity contribution < 1.29 is 4.74 Å². The van der Waals surface area contributed by atoms with Gasteiger partial charge in [-0.25, -0.2) is 0 Å². The van der Waals surface area contributed by atoms with E-state index < -0.39 is 0 Å². The number of hydrogen-bond acceptors (Lipinski definition) is 3. The molecule has 0 saturated heterocycles. The zero-order chi connectivity index (χ0) is 8.36. The molecule has 11 heavy (non-hydrogen) atoms. The SMILES string of the molecule is CNCCCCSCCOC. The number of hydrogen-bond donors (Lipinski definition) is 1. The summed E-state index contributed by atoms with van der Waals surface area (Å²) in [6.45, 7) is 2.03. The monoisotopic (exact) mass is 177 g/mol. The summed E-state index contributed by atoms with van der Waals surface area (Å²) in [4.78, 5) is 0. The zero-order valence-corrected chi connectivity index (χ0v) is 8.38. The highest BCUT2D eigenvalue weighted by atomic mass is 32.2. The molecule has 2 nitrogen and oxygen atoms in total. The summed E-state index contributed by atoms with van der Waals surface area (Å²) in [6, 6.07) is 0. The molecule has 0 aromatic heterocycles. The Morgan fingerprint density at radius 1 is 1.27 bits per heavy atom. The van der Waals surface area contributed by atoms with Gasteiger partial charge in [-0.3, -0.25) is 0 Å². The summed E-state index contributed by atoms with van der Waals surface area (Å²) in [7, 11) is 3.75.